The van der Waals surface area contributed by atoms with Gasteiger partial charge >= 0.3 is 0 Å². The summed E-state index contributed by atoms with van der Waals surface area (Å²) in [5.41, 5.74) is 5.74. The number of hydrogen-bond acceptors (Lipinski definition) is 1. The number of carbonyl (C=O) groups excluding carboxylic acids is 1. The summed E-state index contributed by atoms with van der Waals surface area (Å²) in [6.07, 6.45) is 4.12. The predicted octanol–water partition coefficient (Wildman–Crippen LogP) is 2.21. The van der Waals surface area contributed by atoms with Gasteiger partial charge in [0, 0.05) is 6.92 Å². The predicted molar refractivity (Wildman–Crippen MR) is 56.0 cm³/mol. The molecule has 0 aliphatic carbocycles. The number of rotatable bonds is 1. The minimum absolute atomic E-state index is 0.333. The summed E-state index contributed by atoms with van der Waals surface area (Å²) >= 11 is 0. The first-order valence-corrected chi connectivity index (χ1v) is 4.10. The Labute approximate surface area is 79.1 Å². The average Bonchev–Trinajstić information content (AvgIpc) is 2.06. The lowest BCUT2D eigenvalue weighted by molar-refractivity contribution is -0.115. The summed E-state index contributed by atoms with van der Waals surface area (Å²) in [7, 11) is 0. The van der Waals surface area contributed by atoms with Gasteiger partial charge in [-0.25, -0.2) is 0 Å². The Balaban J connectivity index is 0.000000310. The van der Waals surface area contributed by atoms with Gasteiger partial charge in [0.1, 0.15) is 0 Å². The van der Waals surface area contributed by atoms with E-state index in [-0.39, 0.29) is 5.91 Å². The van der Waals surface area contributed by atoms with Gasteiger partial charge in [-0.2, -0.15) is 0 Å². The lowest BCUT2D eigenvalue weighted by Crippen LogP contribution is -2.01. The van der Waals surface area contributed by atoms with Crippen molar-refractivity contribution in [2.75, 3.05) is 0 Å². The highest BCUT2D eigenvalue weighted by atomic mass is 16.1. The van der Waals surface area contributed by atoms with Crippen LogP contribution in [0.2, 0.25) is 0 Å². The van der Waals surface area contributed by atoms with Crippen LogP contribution >= 0.6 is 0 Å². The van der Waals surface area contributed by atoms with Gasteiger partial charge in [0.2, 0.25) is 5.91 Å². The van der Waals surface area contributed by atoms with Gasteiger partial charge in [-0.3, -0.25) is 4.79 Å². The van der Waals surface area contributed by atoms with Crippen molar-refractivity contribution in [3.8, 4) is 0 Å². The lowest BCUT2D eigenvalue weighted by atomic mass is 10.2. The zero-order valence-electron chi connectivity index (χ0n) is 8.03. The molecule has 1 rings (SSSR count). The molecule has 0 bridgehead atoms. The summed E-state index contributed by atoms with van der Waals surface area (Å²) in [5.74, 6) is -0.333. The number of hydrogen-bond donors (Lipinski definition) is 1. The van der Waals surface area contributed by atoms with Gasteiger partial charge in [-0.05, 0) is 12.5 Å². The van der Waals surface area contributed by atoms with E-state index < -0.39 is 0 Å². The number of primary amides is 1. The van der Waals surface area contributed by atoms with Crippen molar-refractivity contribution >= 4 is 12.0 Å². The second kappa shape index (κ2) is 7.10. The molecule has 1 amide bonds. The van der Waals surface area contributed by atoms with Crippen LogP contribution in [0, 0.1) is 0 Å². The first-order chi connectivity index (χ1) is 6.16. The van der Waals surface area contributed by atoms with Crippen molar-refractivity contribution in [3.63, 3.8) is 0 Å². The van der Waals surface area contributed by atoms with E-state index in [1.54, 1.807) is 0 Å². The molecule has 0 heterocycles. The second-order valence-corrected chi connectivity index (χ2v) is 2.52. The van der Waals surface area contributed by atoms with E-state index in [1.165, 1.54) is 12.5 Å². The molecule has 0 unspecified atom stereocenters. The van der Waals surface area contributed by atoms with Gasteiger partial charge in [0.15, 0.2) is 0 Å². The molecule has 1 aromatic rings. The first-order valence-electron chi connectivity index (χ1n) is 4.10. The molecule has 0 saturated carbocycles. The van der Waals surface area contributed by atoms with Crippen molar-refractivity contribution in [2.45, 2.75) is 13.8 Å². The molecule has 13 heavy (non-hydrogen) atoms. The fraction of sp³-hybridized carbons (Fsp3) is 0.182. The molecule has 0 spiro atoms. The summed E-state index contributed by atoms with van der Waals surface area (Å²) in [6.45, 7) is 3.33. The monoisotopic (exact) mass is 177 g/mol. The number of carbonyl (C=O) groups is 1. The maximum atomic E-state index is 9.22. The lowest BCUT2D eigenvalue weighted by Gasteiger charge is -1.86. The quantitative estimate of drug-likeness (QED) is 0.702. The van der Waals surface area contributed by atoms with Gasteiger partial charge in [-0.1, -0.05) is 42.5 Å². The van der Waals surface area contributed by atoms with Gasteiger partial charge in [0.05, 0.1) is 0 Å². The standard InChI is InChI=1S/C9H10.C2H5NO/c1-2-6-9-7-4-3-5-8-9;1-2(3)4/h2-8H,1H3;1H3,(H2,3,4). The molecular formula is C11H15NO. The molecule has 0 aliphatic rings. The molecule has 1 aromatic carbocycles. The van der Waals surface area contributed by atoms with Gasteiger partial charge < -0.3 is 5.73 Å². The highest BCUT2D eigenvalue weighted by Gasteiger charge is 1.77. The summed E-state index contributed by atoms with van der Waals surface area (Å²) < 4.78 is 0. The smallest absolute Gasteiger partial charge is 0.214 e. The molecule has 0 fully saturated rings. The van der Waals surface area contributed by atoms with Crippen LogP contribution in [0.5, 0.6) is 0 Å². The number of nitrogens with two attached hydrogens (primary N) is 1. The number of benzene rings is 1. The fourth-order valence-electron chi connectivity index (χ4n) is 0.757. The van der Waals surface area contributed by atoms with Crippen LogP contribution in [0.25, 0.3) is 6.08 Å². The van der Waals surface area contributed by atoms with E-state index in [1.807, 2.05) is 31.2 Å². The first kappa shape index (κ1) is 11.4. The van der Waals surface area contributed by atoms with Crippen molar-refractivity contribution < 1.29 is 4.79 Å². The normalized spacial score (nSPS) is 9.08. The number of allylic oxidation sites excluding steroid dienone is 1. The van der Waals surface area contributed by atoms with Crippen LogP contribution < -0.4 is 5.73 Å². The van der Waals surface area contributed by atoms with E-state index in [9.17, 15) is 4.79 Å². The van der Waals surface area contributed by atoms with Crippen LogP contribution in [0.3, 0.4) is 0 Å². The minimum atomic E-state index is -0.333. The molecule has 0 aromatic heterocycles. The summed E-state index contributed by atoms with van der Waals surface area (Å²) in [5, 5.41) is 0. The van der Waals surface area contributed by atoms with Crippen LogP contribution in [-0.4, -0.2) is 5.91 Å². The Morgan fingerprint density at radius 1 is 1.31 bits per heavy atom. The highest BCUT2D eigenvalue weighted by Crippen LogP contribution is 1.99. The molecule has 0 atom stereocenters. The third-order valence-electron chi connectivity index (χ3n) is 1.16. The van der Waals surface area contributed by atoms with Gasteiger partial charge in [0.25, 0.3) is 0 Å². The summed E-state index contributed by atoms with van der Waals surface area (Å²) in [4.78, 5) is 9.22. The molecule has 0 saturated heterocycles. The Morgan fingerprint density at radius 2 is 1.77 bits per heavy atom. The van der Waals surface area contributed by atoms with E-state index in [0.717, 1.165) is 0 Å². The molecule has 2 N–H and O–H groups in total. The molecule has 2 heteroatoms. The Hall–Kier alpha value is -1.57. The third kappa shape index (κ3) is 8.34. The maximum Gasteiger partial charge on any atom is 0.214 e. The number of amides is 1. The maximum absolute atomic E-state index is 9.22. The van der Waals surface area contributed by atoms with E-state index in [4.69, 9.17) is 0 Å². The summed E-state index contributed by atoms with van der Waals surface area (Å²) in [6, 6.07) is 10.3. The van der Waals surface area contributed by atoms with Crippen LogP contribution in [0.15, 0.2) is 36.4 Å². The SMILES string of the molecule is CC(N)=O.CC=Cc1ccccc1. The molecule has 2 nitrogen and oxygen atoms in total. The van der Waals surface area contributed by atoms with Gasteiger partial charge in [-0.15, -0.1) is 0 Å². The van der Waals surface area contributed by atoms with Crippen molar-refractivity contribution in [3.05, 3.63) is 42.0 Å². The topological polar surface area (TPSA) is 43.1 Å². The zero-order chi connectivity index (χ0) is 10.1. The highest BCUT2D eigenvalue weighted by molar-refractivity contribution is 5.70. The van der Waals surface area contributed by atoms with Crippen molar-refractivity contribution in [1.82, 2.24) is 0 Å². The van der Waals surface area contributed by atoms with E-state index >= 15 is 0 Å². The molecular weight excluding hydrogens is 162 g/mol. The average molecular weight is 177 g/mol. The largest absolute Gasteiger partial charge is 0.370 e. The minimum Gasteiger partial charge on any atom is -0.370 e. The second-order valence-electron chi connectivity index (χ2n) is 2.52. The van der Waals surface area contributed by atoms with Crippen LogP contribution in [-0.2, 0) is 4.79 Å². The molecule has 70 valence electrons. The van der Waals surface area contributed by atoms with Crippen molar-refractivity contribution in [2.24, 2.45) is 5.73 Å². The van der Waals surface area contributed by atoms with Crippen LogP contribution in [0.1, 0.15) is 19.4 Å². The molecule has 0 aliphatic heterocycles. The Morgan fingerprint density at radius 3 is 2.15 bits per heavy atom. The van der Waals surface area contributed by atoms with E-state index in [2.05, 4.69) is 23.9 Å². The van der Waals surface area contributed by atoms with Crippen LogP contribution in [0.4, 0.5) is 0 Å². The third-order valence-corrected chi connectivity index (χ3v) is 1.16. The Bertz CT molecular complexity index is 261. The Kier molecular flexibility index (Phi) is 6.24. The van der Waals surface area contributed by atoms with E-state index in [0.29, 0.717) is 0 Å². The molecule has 0 radical (unpaired) electrons. The zero-order valence-corrected chi connectivity index (χ0v) is 8.03. The van der Waals surface area contributed by atoms with Crippen molar-refractivity contribution in [1.29, 1.82) is 0 Å². The fourth-order valence-corrected chi connectivity index (χ4v) is 0.757.